The van der Waals surface area contributed by atoms with E-state index >= 15 is 0 Å². The Morgan fingerprint density at radius 1 is 1.10 bits per heavy atom. The molecule has 164 valence electrons. The van der Waals surface area contributed by atoms with Crippen LogP contribution < -0.4 is 19.5 Å². The fourth-order valence-corrected chi connectivity index (χ4v) is 4.05. The van der Waals surface area contributed by atoms with Gasteiger partial charge in [0.2, 0.25) is 11.7 Å². The van der Waals surface area contributed by atoms with Crippen molar-refractivity contribution in [2.45, 2.75) is 32.4 Å². The van der Waals surface area contributed by atoms with Gasteiger partial charge in [0.25, 0.3) is 0 Å². The molecule has 0 atom stereocenters. The number of fused-ring (bicyclic) bond motifs is 1. The number of carbonyl (C=O) groups is 1. The first-order valence-corrected chi connectivity index (χ1v) is 11.0. The van der Waals surface area contributed by atoms with Crippen LogP contribution in [0.25, 0.3) is 6.08 Å². The second-order valence-corrected chi connectivity index (χ2v) is 7.90. The Morgan fingerprint density at radius 3 is 2.68 bits per heavy atom. The summed E-state index contributed by atoms with van der Waals surface area (Å²) in [6.45, 7) is 4.77. The number of rotatable bonds is 7. The van der Waals surface area contributed by atoms with Crippen LogP contribution in [-0.2, 0) is 17.9 Å². The van der Waals surface area contributed by atoms with Gasteiger partial charge in [0.1, 0.15) is 13.2 Å². The maximum absolute atomic E-state index is 12.4. The standard InChI is InChI=1S/C25H30N2O4/c1-29-22-15-19(16-23-25(22)31-14-13-30-23)9-10-24(28)26-17-20-7-3-4-8-21(20)18-27-11-5-2-6-12-27/h3-4,7-10,15-16H,2,5-6,11-14,17-18H2,1H3,(H,26,28)/b10-9+. The molecule has 2 aromatic carbocycles. The monoisotopic (exact) mass is 422 g/mol. The summed E-state index contributed by atoms with van der Waals surface area (Å²) in [6, 6.07) is 12.0. The van der Waals surface area contributed by atoms with E-state index in [9.17, 15) is 4.79 Å². The van der Waals surface area contributed by atoms with E-state index in [1.54, 1.807) is 13.2 Å². The number of hydrogen-bond donors (Lipinski definition) is 1. The van der Waals surface area contributed by atoms with Crippen LogP contribution in [0.5, 0.6) is 17.2 Å². The van der Waals surface area contributed by atoms with E-state index in [1.807, 2.05) is 18.2 Å². The van der Waals surface area contributed by atoms with Gasteiger partial charge in [-0.05, 0) is 60.8 Å². The topological polar surface area (TPSA) is 60.0 Å². The zero-order valence-corrected chi connectivity index (χ0v) is 18.1. The van der Waals surface area contributed by atoms with Crippen molar-refractivity contribution in [1.82, 2.24) is 10.2 Å². The smallest absolute Gasteiger partial charge is 0.244 e. The second kappa shape index (κ2) is 10.4. The molecule has 1 N–H and O–H groups in total. The van der Waals surface area contributed by atoms with E-state index in [0.717, 1.165) is 30.8 Å². The number of nitrogens with one attached hydrogen (secondary N) is 1. The average Bonchev–Trinajstić information content (AvgIpc) is 2.82. The SMILES string of the molecule is COc1cc(/C=C/C(=O)NCc2ccccc2CN2CCCCC2)cc2c1OCCO2. The minimum absolute atomic E-state index is 0.137. The highest BCUT2D eigenvalue weighted by atomic mass is 16.6. The molecule has 6 heteroatoms. The molecule has 0 saturated carbocycles. The van der Waals surface area contributed by atoms with E-state index in [0.29, 0.717) is 37.0 Å². The van der Waals surface area contributed by atoms with Gasteiger partial charge >= 0.3 is 0 Å². The van der Waals surface area contributed by atoms with Crippen molar-refractivity contribution in [3.8, 4) is 17.2 Å². The maximum atomic E-state index is 12.4. The van der Waals surface area contributed by atoms with E-state index in [-0.39, 0.29) is 5.91 Å². The van der Waals surface area contributed by atoms with Gasteiger partial charge in [-0.1, -0.05) is 30.7 Å². The summed E-state index contributed by atoms with van der Waals surface area (Å²) in [5, 5.41) is 3.01. The first-order valence-electron chi connectivity index (χ1n) is 11.0. The quantitative estimate of drug-likeness (QED) is 0.688. The van der Waals surface area contributed by atoms with Crippen LogP contribution in [0.2, 0.25) is 0 Å². The van der Waals surface area contributed by atoms with Gasteiger partial charge < -0.3 is 19.5 Å². The molecule has 1 amide bonds. The Labute approximate surface area is 183 Å². The highest BCUT2D eigenvalue weighted by molar-refractivity contribution is 5.91. The van der Waals surface area contributed by atoms with Crippen molar-refractivity contribution in [3.63, 3.8) is 0 Å². The molecule has 0 spiro atoms. The van der Waals surface area contributed by atoms with Crippen LogP contribution in [0.15, 0.2) is 42.5 Å². The fraction of sp³-hybridized carbons (Fsp3) is 0.400. The fourth-order valence-electron chi connectivity index (χ4n) is 4.05. The predicted molar refractivity (Wildman–Crippen MR) is 120 cm³/mol. The van der Waals surface area contributed by atoms with E-state index < -0.39 is 0 Å². The first kappa shape index (κ1) is 21.2. The molecule has 0 bridgehead atoms. The second-order valence-electron chi connectivity index (χ2n) is 7.90. The number of benzene rings is 2. The normalized spacial score (nSPS) is 16.3. The summed E-state index contributed by atoms with van der Waals surface area (Å²) < 4.78 is 16.7. The van der Waals surface area contributed by atoms with Gasteiger partial charge in [0.05, 0.1) is 7.11 Å². The van der Waals surface area contributed by atoms with Crippen molar-refractivity contribution < 1.29 is 19.0 Å². The molecule has 1 fully saturated rings. The number of piperidine rings is 1. The lowest BCUT2D eigenvalue weighted by Gasteiger charge is -2.27. The average molecular weight is 423 g/mol. The minimum atomic E-state index is -0.137. The lowest BCUT2D eigenvalue weighted by Crippen LogP contribution is -2.30. The molecule has 6 nitrogen and oxygen atoms in total. The number of methoxy groups -OCH3 is 1. The third-order valence-electron chi connectivity index (χ3n) is 5.69. The summed E-state index contributed by atoms with van der Waals surface area (Å²) in [5.74, 6) is 1.71. The van der Waals surface area contributed by atoms with E-state index in [2.05, 4.69) is 28.4 Å². The molecular formula is C25H30N2O4. The van der Waals surface area contributed by atoms with E-state index in [1.165, 1.54) is 30.9 Å². The van der Waals surface area contributed by atoms with Gasteiger partial charge in [-0.15, -0.1) is 0 Å². The summed E-state index contributed by atoms with van der Waals surface area (Å²) >= 11 is 0. The molecular weight excluding hydrogens is 392 g/mol. The predicted octanol–water partition coefficient (Wildman–Crippen LogP) is 3.78. The Morgan fingerprint density at radius 2 is 1.87 bits per heavy atom. The van der Waals surface area contributed by atoms with Gasteiger partial charge in [-0.25, -0.2) is 0 Å². The largest absolute Gasteiger partial charge is 0.493 e. The van der Waals surface area contributed by atoms with Crippen molar-refractivity contribution in [2.75, 3.05) is 33.4 Å². The van der Waals surface area contributed by atoms with Crippen molar-refractivity contribution in [2.24, 2.45) is 0 Å². The van der Waals surface area contributed by atoms with Crippen LogP contribution in [0.1, 0.15) is 36.0 Å². The van der Waals surface area contributed by atoms with Crippen LogP contribution in [0.3, 0.4) is 0 Å². The number of carbonyl (C=O) groups excluding carboxylic acids is 1. The molecule has 2 aliphatic rings. The number of likely N-dealkylation sites (tertiary alicyclic amines) is 1. The highest BCUT2D eigenvalue weighted by Gasteiger charge is 2.18. The van der Waals surface area contributed by atoms with Crippen LogP contribution in [-0.4, -0.2) is 44.2 Å². The lowest BCUT2D eigenvalue weighted by molar-refractivity contribution is -0.116. The molecule has 4 rings (SSSR count). The van der Waals surface area contributed by atoms with Gasteiger partial charge in [-0.2, -0.15) is 0 Å². The molecule has 0 aliphatic carbocycles. The molecule has 1 saturated heterocycles. The Kier molecular flexibility index (Phi) is 7.10. The molecule has 2 aliphatic heterocycles. The van der Waals surface area contributed by atoms with Gasteiger partial charge in [0.15, 0.2) is 11.5 Å². The molecule has 2 aromatic rings. The van der Waals surface area contributed by atoms with Crippen molar-refractivity contribution in [3.05, 3.63) is 59.2 Å². The third-order valence-corrected chi connectivity index (χ3v) is 5.69. The Balaban J connectivity index is 1.37. The zero-order valence-electron chi connectivity index (χ0n) is 18.1. The summed E-state index contributed by atoms with van der Waals surface area (Å²) in [4.78, 5) is 14.9. The zero-order chi connectivity index (χ0) is 21.5. The van der Waals surface area contributed by atoms with Crippen LogP contribution in [0.4, 0.5) is 0 Å². The Bertz CT molecular complexity index is 918. The number of hydrogen-bond acceptors (Lipinski definition) is 5. The van der Waals surface area contributed by atoms with Gasteiger partial charge in [-0.3, -0.25) is 9.69 Å². The van der Waals surface area contributed by atoms with Crippen molar-refractivity contribution >= 4 is 12.0 Å². The number of amides is 1. The van der Waals surface area contributed by atoms with Crippen molar-refractivity contribution in [1.29, 1.82) is 0 Å². The van der Waals surface area contributed by atoms with Crippen LogP contribution >= 0.6 is 0 Å². The van der Waals surface area contributed by atoms with E-state index in [4.69, 9.17) is 14.2 Å². The molecule has 2 heterocycles. The molecule has 0 aromatic heterocycles. The third kappa shape index (κ3) is 5.58. The van der Waals surface area contributed by atoms with Crippen LogP contribution in [0, 0.1) is 0 Å². The number of ether oxygens (including phenoxy) is 3. The summed E-state index contributed by atoms with van der Waals surface area (Å²) in [7, 11) is 1.59. The molecule has 31 heavy (non-hydrogen) atoms. The maximum Gasteiger partial charge on any atom is 0.244 e. The lowest BCUT2D eigenvalue weighted by atomic mass is 10.0. The Hall–Kier alpha value is -2.99. The minimum Gasteiger partial charge on any atom is -0.493 e. The summed E-state index contributed by atoms with van der Waals surface area (Å²) in [6.07, 6.45) is 7.17. The molecule has 0 unspecified atom stereocenters. The van der Waals surface area contributed by atoms with Gasteiger partial charge in [0, 0.05) is 19.2 Å². The molecule has 0 radical (unpaired) electrons. The highest BCUT2D eigenvalue weighted by Crippen LogP contribution is 2.40. The number of nitrogens with zero attached hydrogens (tertiary/aromatic N) is 1. The first-order chi connectivity index (χ1) is 15.2. The summed E-state index contributed by atoms with van der Waals surface area (Å²) in [5.41, 5.74) is 3.27.